The minimum atomic E-state index is -3.45. The topological polar surface area (TPSA) is 115 Å². The average Bonchev–Trinajstić information content (AvgIpc) is 1.19. The standard InChI is InChI=1S/GeH5O3P.H2O3Si/c1-5(2,3)4;1-4(2)3/h1H3,(H2,2,3,4);1-2H. The van der Waals surface area contributed by atoms with Gasteiger partial charge in [0.1, 0.15) is 0 Å². The molecule has 0 amide bonds. The normalized spacial score (nSPS) is 9.56. The first-order valence-corrected chi connectivity index (χ1v) is 10.7. The van der Waals surface area contributed by atoms with E-state index in [9.17, 15) is 4.57 Å². The van der Waals surface area contributed by atoms with Gasteiger partial charge in [0.15, 0.2) is 0 Å². The molecule has 56 valence electrons. The molecule has 6 nitrogen and oxygen atoms in total. The fourth-order valence-corrected chi connectivity index (χ4v) is 0. The van der Waals surface area contributed by atoms with E-state index in [0.29, 0.717) is 0 Å². The maximum atomic E-state index is 9.41. The van der Waals surface area contributed by atoms with E-state index in [0.717, 1.165) is 0 Å². The van der Waals surface area contributed by atoms with Crippen LogP contribution < -0.4 is 0 Å². The minimum Gasteiger partial charge on any atom is -0.511 e. The summed E-state index contributed by atoms with van der Waals surface area (Å²) in [5.41, 5.74) is 0. The zero-order valence-electron chi connectivity index (χ0n) is 4.55. The van der Waals surface area contributed by atoms with E-state index < -0.39 is 15.4 Å². The molecule has 0 aliphatic heterocycles. The van der Waals surface area contributed by atoms with Crippen molar-refractivity contribution >= 4 is 31.4 Å². The molecule has 9 heavy (non-hydrogen) atoms. The van der Waals surface area contributed by atoms with Crippen molar-refractivity contribution in [2.75, 3.05) is 0 Å². The maximum Gasteiger partial charge on any atom is 0.761 e. The molecule has 0 bridgehead atoms. The molecule has 0 radical (unpaired) electrons. The molecule has 9 heteroatoms. The summed E-state index contributed by atoms with van der Waals surface area (Å²) in [5, 5.41) is 0. The summed E-state index contributed by atoms with van der Waals surface area (Å²) in [4.78, 5) is 29.7. The molecule has 0 unspecified atom stereocenters. The largest absolute Gasteiger partial charge is 0.761 e. The fraction of sp³-hybridized carbons (Fsp3) is 0. The van der Waals surface area contributed by atoms with Gasteiger partial charge < -0.3 is 9.59 Å². The van der Waals surface area contributed by atoms with E-state index in [1.807, 2.05) is 0 Å². The first kappa shape index (κ1) is 12.0. The molecule has 0 saturated heterocycles. The summed E-state index contributed by atoms with van der Waals surface area (Å²) in [6.45, 7) is 0. The van der Waals surface area contributed by atoms with Gasteiger partial charge in [0.25, 0.3) is 0 Å². The van der Waals surface area contributed by atoms with Crippen molar-refractivity contribution in [1.29, 1.82) is 0 Å². The molecular formula is H7GeO6PSi. The van der Waals surface area contributed by atoms with Gasteiger partial charge in [-0.15, -0.1) is 0 Å². The Morgan fingerprint density at radius 1 is 1.33 bits per heavy atom. The quantitative estimate of drug-likeness (QED) is 0.260. The van der Waals surface area contributed by atoms with Crippen LogP contribution in [0.25, 0.3) is 0 Å². The molecule has 0 aliphatic carbocycles. The Hall–Kier alpha value is 0.310. The van der Waals surface area contributed by atoms with Gasteiger partial charge >= 0.3 is 45.8 Å². The molecule has 0 saturated carbocycles. The summed E-state index contributed by atoms with van der Waals surface area (Å²) < 4.78 is 18.2. The van der Waals surface area contributed by atoms with E-state index in [-0.39, 0.29) is 16.1 Å². The zero-order chi connectivity index (χ0) is 8.08. The molecule has 0 rings (SSSR count). The smallest absolute Gasteiger partial charge is 0.511 e. The van der Waals surface area contributed by atoms with E-state index >= 15 is 0 Å². The minimum absolute atomic E-state index is 0.333. The monoisotopic (exact) mass is 236 g/mol. The van der Waals surface area contributed by atoms with Crippen LogP contribution in [0.1, 0.15) is 0 Å². The van der Waals surface area contributed by atoms with Crippen molar-refractivity contribution in [3.63, 3.8) is 0 Å². The van der Waals surface area contributed by atoms with Gasteiger partial charge in [0.05, 0.1) is 0 Å². The fourth-order valence-electron chi connectivity index (χ4n) is 0. The van der Waals surface area contributed by atoms with Crippen molar-refractivity contribution in [2.45, 2.75) is 0 Å². The molecule has 0 aromatic carbocycles. The van der Waals surface area contributed by atoms with Gasteiger partial charge in [-0.1, -0.05) is 0 Å². The Morgan fingerprint density at radius 3 is 1.33 bits per heavy atom. The van der Waals surface area contributed by atoms with E-state index in [1.54, 1.807) is 0 Å². The zero-order valence-corrected chi connectivity index (χ0v) is 10.6. The molecule has 4 N–H and O–H groups in total. The summed E-state index contributed by atoms with van der Waals surface area (Å²) in [7, 11) is -3.13. The Morgan fingerprint density at radius 2 is 1.33 bits per heavy atom. The van der Waals surface area contributed by atoms with E-state index in [2.05, 4.69) is 0 Å². The summed E-state index contributed by atoms with van der Waals surface area (Å²) in [6.07, 6.45) is -3.45. The van der Waals surface area contributed by atoms with Gasteiger partial charge in [-0.2, -0.15) is 0 Å². The van der Waals surface area contributed by atoms with Crippen LogP contribution in [0.3, 0.4) is 0 Å². The van der Waals surface area contributed by atoms with Crippen LogP contribution in [0.15, 0.2) is 0 Å². The van der Waals surface area contributed by atoms with Gasteiger partial charge in [-0.05, 0) is 0 Å². The third-order valence-electron chi connectivity index (χ3n) is 0. The second kappa shape index (κ2) is 5.12. The maximum absolute atomic E-state index is 9.41. The molecule has 0 spiro atoms. The van der Waals surface area contributed by atoms with Crippen LogP contribution in [0.5, 0.6) is 0 Å². The predicted octanol–water partition coefficient (Wildman–Crippen LogP) is -3.17. The molecule has 0 aromatic rings. The Kier molecular flexibility index (Phi) is 6.85. The molecule has 0 aliphatic rings. The van der Waals surface area contributed by atoms with Crippen molar-refractivity contribution in [3.8, 4) is 0 Å². The molecule has 0 heterocycles. The van der Waals surface area contributed by atoms with Crippen LogP contribution in [0.2, 0.25) is 0 Å². The summed E-state index contributed by atoms with van der Waals surface area (Å²) >= 11 is -0.333. The first-order chi connectivity index (χ1) is 3.73. The van der Waals surface area contributed by atoms with Crippen LogP contribution in [0.4, 0.5) is 0 Å². The van der Waals surface area contributed by atoms with E-state index in [4.69, 9.17) is 23.8 Å². The average molecular weight is 235 g/mol. The summed E-state index contributed by atoms with van der Waals surface area (Å²) in [5.74, 6) is 0. The SMILES string of the molecule is O=[P](O)(O)[GeH3].O=[Si](O)O. The van der Waals surface area contributed by atoms with Gasteiger partial charge in [0, 0.05) is 0 Å². The second-order valence-electron chi connectivity index (χ2n) is 1.12. The molecule has 0 aromatic heterocycles. The number of hydrogen-bond acceptors (Lipinski definition) is 2. The van der Waals surface area contributed by atoms with Gasteiger partial charge in [-0.3, -0.25) is 4.46 Å². The third-order valence-corrected chi connectivity index (χ3v) is 0. The van der Waals surface area contributed by atoms with Gasteiger partial charge in [0.2, 0.25) is 0 Å². The number of hydrogen-bond donors (Lipinski definition) is 4. The molecule has 0 atom stereocenters. The summed E-state index contributed by atoms with van der Waals surface area (Å²) in [6, 6.07) is 0. The van der Waals surface area contributed by atoms with Crippen LogP contribution >= 0.6 is 6.21 Å². The van der Waals surface area contributed by atoms with Crippen LogP contribution in [-0.2, 0) is 9.03 Å². The van der Waals surface area contributed by atoms with Crippen LogP contribution in [0, 0.1) is 0 Å². The predicted molar refractivity (Wildman–Crippen MR) is 32.9 cm³/mol. The van der Waals surface area contributed by atoms with Crippen molar-refractivity contribution in [3.05, 3.63) is 0 Å². The Labute approximate surface area is 60.4 Å². The van der Waals surface area contributed by atoms with Crippen molar-refractivity contribution in [2.24, 2.45) is 0 Å². The first-order valence-electron chi connectivity index (χ1n) is 1.68. The van der Waals surface area contributed by atoms with Gasteiger partial charge in [-0.25, -0.2) is 0 Å². The Balaban J connectivity index is 0. The van der Waals surface area contributed by atoms with E-state index in [1.165, 1.54) is 0 Å². The van der Waals surface area contributed by atoms with Crippen LogP contribution in [-0.4, -0.2) is 44.6 Å². The van der Waals surface area contributed by atoms with Crippen molar-refractivity contribution in [1.82, 2.24) is 0 Å². The second-order valence-corrected chi connectivity index (χ2v) is 10.7. The molecular weight excluding hydrogens is 228 g/mol. The number of rotatable bonds is 0. The molecule has 0 fully saturated rings. The van der Waals surface area contributed by atoms with Crippen molar-refractivity contribution < 1.29 is 28.4 Å². The Bertz CT molecular complexity index is 113. The third kappa shape index (κ3) is 3450.